The SMILES string of the molecule is O=C(Nc1cc(C(F)(F)F)c[nH]c1=O)c1cc(S(=O)(=O)N2CCCC2)ccc1Cl. The van der Waals surface area contributed by atoms with E-state index in [0.717, 1.165) is 18.9 Å². The van der Waals surface area contributed by atoms with Crippen LogP contribution in [0.5, 0.6) is 0 Å². The van der Waals surface area contributed by atoms with Crippen LogP contribution in [0.1, 0.15) is 28.8 Å². The number of aromatic amines is 1. The number of hydrogen-bond donors (Lipinski definition) is 2. The highest BCUT2D eigenvalue weighted by Crippen LogP contribution is 2.30. The number of hydrogen-bond acceptors (Lipinski definition) is 4. The maximum atomic E-state index is 12.8. The Morgan fingerprint density at radius 1 is 1.17 bits per heavy atom. The first-order valence-corrected chi connectivity index (χ1v) is 10.2. The van der Waals surface area contributed by atoms with Crippen LogP contribution in [0.3, 0.4) is 0 Å². The number of anilines is 1. The summed E-state index contributed by atoms with van der Waals surface area (Å²) in [6.07, 6.45) is -2.81. The summed E-state index contributed by atoms with van der Waals surface area (Å²) in [4.78, 5) is 26.0. The molecule has 1 aromatic heterocycles. The molecule has 0 radical (unpaired) electrons. The number of amides is 1. The molecule has 1 aliphatic heterocycles. The molecule has 7 nitrogen and oxygen atoms in total. The Morgan fingerprint density at radius 3 is 2.45 bits per heavy atom. The van der Waals surface area contributed by atoms with Gasteiger partial charge in [0.2, 0.25) is 10.0 Å². The molecule has 2 aromatic rings. The Balaban J connectivity index is 1.93. The standard InChI is InChI=1S/C17H15ClF3N3O4S/c18-13-4-3-11(29(27,28)24-5-1-2-6-24)8-12(13)15(25)23-14-7-10(17(19,20)21)9-22-16(14)26/h3-4,7-9H,1-2,5-6H2,(H,22,26)(H,23,25). The number of nitrogens with zero attached hydrogens (tertiary/aromatic N) is 1. The second kappa shape index (κ2) is 7.81. The molecule has 0 unspecified atom stereocenters. The molecule has 0 bridgehead atoms. The fourth-order valence-electron chi connectivity index (χ4n) is 2.85. The van der Waals surface area contributed by atoms with E-state index in [1.165, 1.54) is 16.4 Å². The quantitative estimate of drug-likeness (QED) is 0.749. The molecular weight excluding hydrogens is 435 g/mol. The van der Waals surface area contributed by atoms with Crippen LogP contribution >= 0.6 is 11.6 Å². The number of aromatic nitrogens is 1. The average molecular weight is 450 g/mol. The van der Waals surface area contributed by atoms with E-state index in [1.54, 1.807) is 0 Å². The fraction of sp³-hybridized carbons (Fsp3) is 0.294. The molecule has 0 atom stereocenters. The third-order valence-corrected chi connectivity index (χ3v) is 6.59. The maximum Gasteiger partial charge on any atom is 0.417 e. The van der Waals surface area contributed by atoms with Crippen molar-refractivity contribution in [3.63, 3.8) is 0 Å². The van der Waals surface area contributed by atoms with E-state index in [0.29, 0.717) is 25.4 Å². The molecule has 3 rings (SSSR count). The second-order valence-corrected chi connectivity index (χ2v) is 8.68. The number of halogens is 4. The monoisotopic (exact) mass is 449 g/mol. The molecule has 0 aliphatic carbocycles. The van der Waals surface area contributed by atoms with E-state index in [-0.39, 0.29) is 15.5 Å². The molecule has 1 amide bonds. The third kappa shape index (κ3) is 4.46. The van der Waals surface area contributed by atoms with Crippen molar-refractivity contribution in [1.29, 1.82) is 0 Å². The van der Waals surface area contributed by atoms with Crippen LogP contribution in [0.25, 0.3) is 0 Å². The zero-order valence-corrected chi connectivity index (χ0v) is 16.3. The van der Waals surface area contributed by atoms with Gasteiger partial charge in [0.15, 0.2) is 0 Å². The fourth-order valence-corrected chi connectivity index (χ4v) is 4.59. The molecule has 0 spiro atoms. The minimum atomic E-state index is -4.73. The number of carbonyl (C=O) groups is 1. The Kier molecular flexibility index (Phi) is 5.74. The number of rotatable bonds is 4. The van der Waals surface area contributed by atoms with Crippen LogP contribution < -0.4 is 10.9 Å². The number of pyridine rings is 1. The number of alkyl halides is 3. The lowest BCUT2D eigenvalue weighted by molar-refractivity contribution is -0.137. The smallest absolute Gasteiger partial charge is 0.327 e. The van der Waals surface area contributed by atoms with E-state index < -0.39 is 38.9 Å². The van der Waals surface area contributed by atoms with E-state index in [4.69, 9.17) is 11.6 Å². The van der Waals surface area contributed by atoms with Gasteiger partial charge in [-0.05, 0) is 37.1 Å². The number of sulfonamides is 1. The minimum absolute atomic E-state index is 0.119. The maximum absolute atomic E-state index is 12.8. The Labute approximate surface area is 168 Å². The first kappa shape index (κ1) is 21.3. The molecule has 1 fully saturated rings. The van der Waals surface area contributed by atoms with Crippen molar-refractivity contribution in [3.8, 4) is 0 Å². The number of nitrogens with one attached hydrogen (secondary N) is 2. The Hall–Kier alpha value is -2.37. The van der Waals surface area contributed by atoms with Gasteiger partial charge in [-0.1, -0.05) is 11.6 Å². The van der Waals surface area contributed by atoms with Crippen molar-refractivity contribution in [2.45, 2.75) is 23.9 Å². The normalized spacial score (nSPS) is 15.4. The topological polar surface area (TPSA) is 99.3 Å². The zero-order valence-electron chi connectivity index (χ0n) is 14.7. The van der Waals surface area contributed by atoms with E-state index in [2.05, 4.69) is 5.32 Å². The Bertz CT molecular complexity index is 1110. The van der Waals surface area contributed by atoms with Gasteiger partial charge in [0.1, 0.15) is 5.69 Å². The lowest BCUT2D eigenvalue weighted by Crippen LogP contribution is -2.28. The molecule has 2 heterocycles. The minimum Gasteiger partial charge on any atom is -0.327 e. The summed E-state index contributed by atoms with van der Waals surface area (Å²) in [5, 5.41) is 1.93. The number of benzene rings is 1. The summed E-state index contributed by atoms with van der Waals surface area (Å²) >= 11 is 5.98. The van der Waals surface area contributed by atoms with Gasteiger partial charge in [-0.3, -0.25) is 9.59 Å². The van der Waals surface area contributed by atoms with E-state index >= 15 is 0 Å². The summed E-state index contributed by atoms with van der Waals surface area (Å²) in [6, 6.07) is 3.96. The van der Waals surface area contributed by atoms with Gasteiger partial charge in [0, 0.05) is 19.3 Å². The summed E-state index contributed by atoms with van der Waals surface area (Å²) in [6.45, 7) is 0.707. The molecule has 1 aromatic carbocycles. The van der Waals surface area contributed by atoms with E-state index in [9.17, 15) is 31.2 Å². The van der Waals surface area contributed by atoms with Gasteiger partial charge in [-0.2, -0.15) is 17.5 Å². The van der Waals surface area contributed by atoms with Gasteiger partial charge >= 0.3 is 6.18 Å². The average Bonchev–Trinajstić information content (AvgIpc) is 3.18. The van der Waals surface area contributed by atoms with Crippen molar-refractivity contribution in [2.75, 3.05) is 18.4 Å². The Morgan fingerprint density at radius 2 is 1.83 bits per heavy atom. The van der Waals surface area contributed by atoms with Gasteiger partial charge in [-0.25, -0.2) is 8.42 Å². The highest BCUT2D eigenvalue weighted by molar-refractivity contribution is 7.89. The summed E-state index contributed by atoms with van der Waals surface area (Å²) in [7, 11) is -3.84. The lowest BCUT2D eigenvalue weighted by atomic mass is 10.2. The van der Waals surface area contributed by atoms with Crippen molar-refractivity contribution in [1.82, 2.24) is 9.29 Å². The lowest BCUT2D eigenvalue weighted by Gasteiger charge is -2.16. The van der Waals surface area contributed by atoms with Crippen LogP contribution in [0.2, 0.25) is 5.02 Å². The molecule has 1 saturated heterocycles. The first-order valence-electron chi connectivity index (χ1n) is 8.41. The van der Waals surface area contributed by atoms with Crippen LogP contribution in [0, 0.1) is 0 Å². The zero-order chi connectivity index (χ0) is 21.4. The number of H-pyrrole nitrogens is 1. The second-order valence-electron chi connectivity index (χ2n) is 6.34. The number of carbonyl (C=O) groups excluding carboxylic acids is 1. The predicted molar refractivity (Wildman–Crippen MR) is 99.5 cm³/mol. The molecular formula is C17H15ClF3N3O4S. The molecule has 2 N–H and O–H groups in total. The third-order valence-electron chi connectivity index (χ3n) is 4.36. The van der Waals surface area contributed by atoms with Gasteiger partial charge < -0.3 is 10.3 Å². The van der Waals surface area contributed by atoms with Crippen molar-refractivity contribution >= 4 is 33.2 Å². The van der Waals surface area contributed by atoms with Crippen LogP contribution in [-0.4, -0.2) is 36.7 Å². The van der Waals surface area contributed by atoms with Crippen LogP contribution in [-0.2, 0) is 16.2 Å². The highest BCUT2D eigenvalue weighted by Gasteiger charge is 2.32. The van der Waals surface area contributed by atoms with Crippen molar-refractivity contribution < 1.29 is 26.4 Å². The van der Waals surface area contributed by atoms with E-state index in [1.807, 2.05) is 4.98 Å². The van der Waals surface area contributed by atoms with Crippen LogP contribution in [0.15, 0.2) is 40.2 Å². The molecule has 0 saturated carbocycles. The highest BCUT2D eigenvalue weighted by atomic mass is 35.5. The summed E-state index contributed by atoms with van der Waals surface area (Å²) < 4.78 is 65.1. The largest absolute Gasteiger partial charge is 0.417 e. The molecule has 156 valence electrons. The molecule has 1 aliphatic rings. The summed E-state index contributed by atoms with van der Waals surface area (Å²) in [5.41, 5.74) is -3.05. The molecule has 12 heteroatoms. The van der Waals surface area contributed by atoms with Gasteiger partial charge in [0.25, 0.3) is 11.5 Å². The van der Waals surface area contributed by atoms with Gasteiger partial charge in [0.05, 0.1) is 21.0 Å². The van der Waals surface area contributed by atoms with Crippen LogP contribution in [0.4, 0.5) is 18.9 Å². The van der Waals surface area contributed by atoms with Crippen molar-refractivity contribution in [2.24, 2.45) is 0 Å². The summed E-state index contributed by atoms with van der Waals surface area (Å²) in [5.74, 6) is -1.02. The van der Waals surface area contributed by atoms with Gasteiger partial charge in [-0.15, -0.1) is 0 Å². The first-order chi connectivity index (χ1) is 13.5. The predicted octanol–water partition coefficient (Wildman–Crippen LogP) is 3.08. The molecule has 29 heavy (non-hydrogen) atoms. The van der Waals surface area contributed by atoms with Crippen molar-refractivity contribution in [3.05, 3.63) is 57.0 Å².